The van der Waals surface area contributed by atoms with Gasteiger partial charge in [-0.1, -0.05) is 12.1 Å². The average Bonchev–Trinajstić information content (AvgIpc) is 2.30. The third-order valence-electron chi connectivity index (χ3n) is 3.50. The lowest BCUT2D eigenvalue weighted by Gasteiger charge is -2.28. The molecule has 82 valence electrons. The molecule has 0 heterocycles. The van der Waals surface area contributed by atoms with Crippen LogP contribution in [0.5, 0.6) is 5.75 Å². The molecule has 2 N–H and O–H groups in total. The molecule has 2 heteroatoms. The van der Waals surface area contributed by atoms with E-state index < -0.39 is 0 Å². The predicted molar refractivity (Wildman–Crippen MR) is 62.2 cm³/mol. The van der Waals surface area contributed by atoms with Crippen LogP contribution < -0.4 is 5.32 Å². The number of rotatable bonds is 2. The highest BCUT2D eigenvalue weighted by Gasteiger charge is 2.20. The van der Waals surface area contributed by atoms with Crippen LogP contribution in [0.2, 0.25) is 0 Å². The first kappa shape index (κ1) is 10.5. The summed E-state index contributed by atoms with van der Waals surface area (Å²) >= 11 is 0. The molecule has 2 nitrogen and oxygen atoms in total. The molecule has 0 amide bonds. The lowest BCUT2D eigenvalue weighted by Crippen LogP contribution is -2.29. The maximum Gasteiger partial charge on any atom is 0.115 e. The van der Waals surface area contributed by atoms with E-state index in [0.717, 1.165) is 0 Å². The Bertz CT molecular complexity index is 299. The van der Waals surface area contributed by atoms with Crippen molar-refractivity contribution in [1.82, 2.24) is 5.32 Å². The summed E-state index contributed by atoms with van der Waals surface area (Å²) in [6.07, 6.45) is 5.05. The van der Waals surface area contributed by atoms with E-state index in [1.54, 1.807) is 12.1 Å². The quantitative estimate of drug-likeness (QED) is 0.778. The molecule has 0 spiro atoms. The van der Waals surface area contributed by atoms with E-state index in [1.807, 2.05) is 7.05 Å². The van der Waals surface area contributed by atoms with Crippen LogP contribution in [0.25, 0.3) is 0 Å². The van der Waals surface area contributed by atoms with Crippen LogP contribution in [-0.2, 0) is 0 Å². The Kier molecular flexibility index (Phi) is 3.27. The number of nitrogens with one attached hydrogen (secondary N) is 1. The van der Waals surface area contributed by atoms with Crippen molar-refractivity contribution in [3.8, 4) is 5.75 Å². The van der Waals surface area contributed by atoms with E-state index >= 15 is 0 Å². The fraction of sp³-hybridized carbons (Fsp3) is 0.538. The second-order valence-electron chi connectivity index (χ2n) is 4.43. The number of phenolic OH excluding ortho intramolecular Hbond substituents is 1. The van der Waals surface area contributed by atoms with Crippen molar-refractivity contribution >= 4 is 0 Å². The summed E-state index contributed by atoms with van der Waals surface area (Å²) in [5.41, 5.74) is 1.38. The fourth-order valence-electron chi connectivity index (χ4n) is 2.46. The van der Waals surface area contributed by atoms with Crippen LogP contribution >= 0.6 is 0 Å². The lowest BCUT2D eigenvalue weighted by atomic mass is 9.82. The van der Waals surface area contributed by atoms with Crippen molar-refractivity contribution in [2.75, 3.05) is 7.05 Å². The van der Waals surface area contributed by atoms with Gasteiger partial charge in [-0.15, -0.1) is 0 Å². The van der Waals surface area contributed by atoms with Crippen LogP contribution in [0.1, 0.15) is 37.2 Å². The maximum absolute atomic E-state index is 9.23. The van der Waals surface area contributed by atoms with Gasteiger partial charge in [0.15, 0.2) is 0 Å². The second-order valence-corrected chi connectivity index (χ2v) is 4.43. The van der Waals surface area contributed by atoms with Crippen molar-refractivity contribution in [3.05, 3.63) is 29.8 Å². The van der Waals surface area contributed by atoms with Crippen LogP contribution in [0.4, 0.5) is 0 Å². The van der Waals surface area contributed by atoms with Crippen molar-refractivity contribution in [1.29, 1.82) is 0 Å². The zero-order valence-corrected chi connectivity index (χ0v) is 9.24. The molecule has 0 radical (unpaired) electrons. The van der Waals surface area contributed by atoms with Gasteiger partial charge in [0.25, 0.3) is 0 Å². The van der Waals surface area contributed by atoms with Crippen LogP contribution in [-0.4, -0.2) is 18.2 Å². The zero-order chi connectivity index (χ0) is 10.7. The molecule has 0 unspecified atom stereocenters. The highest BCUT2D eigenvalue weighted by molar-refractivity contribution is 5.28. The lowest BCUT2D eigenvalue weighted by molar-refractivity contribution is 0.358. The second kappa shape index (κ2) is 4.67. The summed E-state index contributed by atoms with van der Waals surface area (Å²) in [4.78, 5) is 0. The van der Waals surface area contributed by atoms with E-state index in [2.05, 4.69) is 17.4 Å². The summed E-state index contributed by atoms with van der Waals surface area (Å²) < 4.78 is 0. The van der Waals surface area contributed by atoms with Crippen molar-refractivity contribution in [2.45, 2.75) is 37.6 Å². The number of hydrogen-bond donors (Lipinski definition) is 2. The minimum Gasteiger partial charge on any atom is -0.508 e. The highest BCUT2D eigenvalue weighted by Crippen LogP contribution is 2.33. The molecular weight excluding hydrogens is 186 g/mol. The first-order chi connectivity index (χ1) is 7.29. The molecule has 0 atom stereocenters. The van der Waals surface area contributed by atoms with Gasteiger partial charge in [0.05, 0.1) is 0 Å². The minimum atomic E-state index is 0.364. The number of benzene rings is 1. The Morgan fingerprint density at radius 1 is 1.07 bits per heavy atom. The molecular formula is C13H19NO. The van der Waals surface area contributed by atoms with Crippen LogP contribution in [0, 0.1) is 0 Å². The molecule has 0 bridgehead atoms. The number of hydrogen-bond acceptors (Lipinski definition) is 2. The van der Waals surface area contributed by atoms with E-state index in [9.17, 15) is 5.11 Å². The molecule has 1 aromatic rings. The molecule has 1 aliphatic rings. The van der Waals surface area contributed by atoms with Gasteiger partial charge in [-0.3, -0.25) is 0 Å². The van der Waals surface area contributed by atoms with Crippen molar-refractivity contribution in [2.24, 2.45) is 0 Å². The average molecular weight is 205 g/mol. The van der Waals surface area contributed by atoms with Crippen molar-refractivity contribution < 1.29 is 5.11 Å². The molecule has 1 aliphatic carbocycles. The van der Waals surface area contributed by atoms with E-state index in [1.165, 1.54) is 31.2 Å². The van der Waals surface area contributed by atoms with Gasteiger partial charge in [0.2, 0.25) is 0 Å². The Morgan fingerprint density at radius 2 is 1.67 bits per heavy atom. The van der Waals surface area contributed by atoms with E-state index in [0.29, 0.717) is 17.7 Å². The number of aromatic hydroxyl groups is 1. The summed E-state index contributed by atoms with van der Waals surface area (Å²) in [7, 11) is 2.05. The third-order valence-corrected chi connectivity index (χ3v) is 3.50. The molecule has 1 aromatic carbocycles. The van der Waals surface area contributed by atoms with Gasteiger partial charge in [0.1, 0.15) is 5.75 Å². The van der Waals surface area contributed by atoms with Gasteiger partial charge < -0.3 is 10.4 Å². The van der Waals surface area contributed by atoms with E-state index in [-0.39, 0.29) is 0 Å². The molecule has 0 aliphatic heterocycles. The Morgan fingerprint density at radius 3 is 2.20 bits per heavy atom. The molecule has 0 saturated heterocycles. The zero-order valence-electron chi connectivity index (χ0n) is 9.24. The Balaban J connectivity index is 1.98. The third kappa shape index (κ3) is 2.51. The SMILES string of the molecule is CN[C@H]1CC[C@H](c2ccc(O)cc2)CC1. The highest BCUT2D eigenvalue weighted by atomic mass is 16.3. The predicted octanol–water partition coefficient (Wildman–Crippen LogP) is 2.64. The van der Waals surface area contributed by atoms with Crippen LogP contribution in [0.15, 0.2) is 24.3 Å². The van der Waals surface area contributed by atoms with Gasteiger partial charge in [-0.05, 0) is 56.3 Å². The molecule has 15 heavy (non-hydrogen) atoms. The smallest absolute Gasteiger partial charge is 0.115 e. The minimum absolute atomic E-state index is 0.364. The molecule has 1 fully saturated rings. The maximum atomic E-state index is 9.23. The summed E-state index contributed by atoms with van der Waals surface area (Å²) in [5.74, 6) is 1.05. The first-order valence-corrected chi connectivity index (χ1v) is 5.76. The monoisotopic (exact) mass is 205 g/mol. The van der Waals surface area contributed by atoms with Crippen molar-refractivity contribution in [3.63, 3.8) is 0 Å². The summed E-state index contributed by atoms with van der Waals surface area (Å²) in [6, 6.07) is 8.40. The van der Waals surface area contributed by atoms with Crippen LogP contribution in [0.3, 0.4) is 0 Å². The Labute approximate surface area is 91.3 Å². The van der Waals surface area contributed by atoms with Gasteiger partial charge in [-0.2, -0.15) is 0 Å². The normalized spacial score (nSPS) is 26.5. The van der Waals surface area contributed by atoms with Gasteiger partial charge in [-0.25, -0.2) is 0 Å². The first-order valence-electron chi connectivity index (χ1n) is 5.76. The van der Waals surface area contributed by atoms with Gasteiger partial charge >= 0.3 is 0 Å². The summed E-state index contributed by atoms with van der Waals surface area (Å²) in [6.45, 7) is 0. The number of phenols is 1. The van der Waals surface area contributed by atoms with Gasteiger partial charge in [0, 0.05) is 6.04 Å². The molecule has 0 aromatic heterocycles. The molecule has 1 saturated carbocycles. The largest absolute Gasteiger partial charge is 0.508 e. The standard InChI is InChI=1S/C13H19NO/c1-14-12-6-2-10(3-7-12)11-4-8-13(15)9-5-11/h4-5,8-10,12,14-15H,2-3,6-7H2,1H3/t10-,12-. The fourth-order valence-corrected chi connectivity index (χ4v) is 2.46. The topological polar surface area (TPSA) is 32.3 Å². The summed E-state index contributed by atoms with van der Waals surface area (Å²) in [5, 5.41) is 12.6. The van der Waals surface area contributed by atoms with E-state index in [4.69, 9.17) is 0 Å². The Hall–Kier alpha value is -1.02. The molecule has 2 rings (SSSR count).